The number of nitrogens with one attached hydrogen (secondary N) is 2. The third-order valence-corrected chi connectivity index (χ3v) is 3.87. The summed E-state index contributed by atoms with van der Waals surface area (Å²) in [6, 6.07) is 14.8. The van der Waals surface area contributed by atoms with Crippen LogP contribution in [-0.4, -0.2) is 18.4 Å². The number of carbonyl (C=O) groups excluding carboxylic acids is 2. The van der Waals surface area contributed by atoms with Gasteiger partial charge in [-0.3, -0.25) is 9.59 Å². The Kier molecular flexibility index (Phi) is 7.21. The van der Waals surface area contributed by atoms with Crippen molar-refractivity contribution in [3.63, 3.8) is 0 Å². The van der Waals surface area contributed by atoms with Gasteiger partial charge in [-0.1, -0.05) is 48.9 Å². The molecule has 26 heavy (non-hydrogen) atoms. The van der Waals surface area contributed by atoms with Crippen molar-refractivity contribution in [3.8, 4) is 5.75 Å². The summed E-state index contributed by atoms with van der Waals surface area (Å²) in [6.45, 7) is 6.07. The van der Waals surface area contributed by atoms with Crippen LogP contribution in [0.3, 0.4) is 0 Å². The van der Waals surface area contributed by atoms with Crippen LogP contribution in [0, 0.1) is 6.92 Å². The Morgan fingerprint density at radius 3 is 2.42 bits per heavy atom. The lowest BCUT2D eigenvalue weighted by atomic mass is 10.0. The van der Waals surface area contributed by atoms with Gasteiger partial charge in [0.15, 0.2) is 0 Å². The third-order valence-electron chi connectivity index (χ3n) is 3.87. The van der Waals surface area contributed by atoms with Crippen molar-refractivity contribution in [1.82, 2.24) is 5.32 Å². The van der Waals surface area contributed by atoms with E-state index in [1.807, 2.05) is 62.4 Å². The first-order valence-corrected chi connectivity index (χ1v) is 8.85. The molecule has 0 saturated carbocycles. The molecule has 0 bridgehead atoms. The number of benzene rings is 2. The molecule has 0 fully saturated rings. The van der Waals surface area contributed by atoms with Crippen LogP contribution >= 0.6 is 0 Å². The molecule has 0 heterocycles. The molecular formula is C21H26N2O3. The minimum Gasteiger partial charge on any atom is -0.491 e. The van der Waals surface area contributed by atoms with Crippen LogP contribution in [-0.2, 0) is 9.59 Å². The zero-order chi connectivity index (χ0) is 18.9. The lowest BCUT2D eigenvalue weighted by Gasteiger charge is -2.19. The second-order valence-electron chi connectivity index (χ2n) is 6.26. The van der Waals surface area contributed by atoms with Crippen LogP contribution in [0.2, 0.25) is 0 Å². The van der Waals surface area contributed by atoms with Crippen molar-refractivity contribution in [3.05, 3.63) is 59.7 Å². The molecule has 1 unspecified atom stereocenters. The molecule has 138 valence electrons. The molecule has 5 heteroatoms. The average Bonchev–Trinajstić information content (AvgIpc) is 2.60. The summed E-state index contributed by atoms with van der Waals surface area (Å²) < 4.78 is 5.67. The minimum absolute atomic E-state index is 0.144. The summed E-state index contributed by atoms with van der Waals surface area (Å²) in [5.74, 6) is 0.293. The largest absolute Gasteiger partial charge is 0.491 e. The number of hydrogen-bond donors (Lipinski definition) is 2. The number of aryl methyl sites for hydroxylation is 1. The SMILES string of the molecule is CCCOc1ccccc1NC(=O)CC(NC(C)=O)c1ccc(C)cc1. The van der Waals surface area contributed by atoms with Gasteiger partial charge in [0.1, 0.15) is 5.75 Å². The van der Waals surface area contributed by atoms with Gasteiger partial charge in [0.2, 0.25) is 11.8 Å². The quantitative estimate of drug-likeness (QED) is 0.753. The smallest absolute Gasteiger partial charge is 0.226 e. The highest BCUT2D eigenvalue weighted by Gasteiger charge is 2.18. The van der Waals surface area contributed by atoms with Crippen LogP contribution in [0.1, 0.15) is 43.9 Å². The maximum atomic E-state index is 12.6. The van der Waals surface area contributed by atoms with E-state index in [0.717, 1.165) is 17.5 Å². The Bertz CT molecular complexity index is 741. The molecule has 2 aromatic carbocycles. The Balaban J connectivity index is 2.10. The first kappa shape index (κ1) is 19.5. The molecule has 0 aromatic heterocycles. The fourth-order valence-corrected chi connectivity index (χ4v) is 2.59. The molecular weight excluding hydrogens is 328 g/mol. The highest BCUT2D eigenvalue weighted by atomic mass is 16.5. The van der Waals surface area contributed by atoms with Gasteiger partial charge >= 0.3 is 0 Å². The normalized spacial score (nSPS) is 11.5. The maximum Gasteiger partial charge on any atom is 0.226 e. The number of amides is 2. The first-order chi connectivity index (χ1) is 12.5. The number of carbonyl (C=O) groups is 2. The molecule has 2 rings (SSSR count). The van der Waals surface area contributed by atoms with Crippen molar-refractivity contribution < 1.29 is 14.3 Å². The number of anilines is 1. The van der Waals surface area contributed by atoms with E-state index in [1.165, 1.54) is 6.92 Å². The molecule has 0 spiro atoms. The fourth-order valence-electron chi connectivity index (χ4n) is 2.59. The molecule has 2 N–H and O–H groups in total. The standard InChI is InChI=1S/C21H26N2O3/c1-4-13-26-20-8-6-5-7-18(20)23-21(25)14-19(22-16(3)24)17-11-9-15(2)10-12-17/h5-12,19H,4,13-14H2,1-3H3,(H,22,24)(H,23,25). The highest BCUT2D eigenvalue weighted by Crippen LogP contribution is 2.25. The Morgan fingerprint density at radius 1 is 1.08 bits per heavy atom. The average molecular weight is 354 g/mol. The summed E-state index contributed by atoms with van der Waals surface area (Å²) in [6.07, 6.45) is 1.03. The van der Waals surface area contributed by atoms with Crippen molar-refractivity contribution >= 4 is 17.5 Å². The first-order valence-electron chi connectivity index (χ1n) is 8.85. The van der Waals surface area contributed by atoms with E-state index in [4.69, 9.17) is 4.74 Å². The van der Waals surface area contributed by atoms with E-state index in [9.17, 15) is 9.59 Å². The Hall–Kier alpha value is -2.82. The molecule has 2 amide bonds. The molecule has 0 aliphatic rings. The van der Waals surface area contributed by atoms with Crippen LogP contribution in [0.25, 0.3) is 0 Å². The van der Waals surface area contributed by atoms with Gasteiger partial charge in [0.25, 0.3) is 0 Å². The van der Waals surface area contributed by atoms with Gasteiger partial charge in [-0.15, -0.1) is 0 Å². The Labute approximate surface area is 154 Å². The predicted molar refractivity (Wildman–Crippen MR) is 103 cm³/mol. The van der Waals surface area contributed by atoms with E-state index < -0.39 is 0 Å². The van der Waals surface area contributed by atoms with Gasteiger partial charge in [-0.2, -0.15) is 0 Å². The lowest BCUT2D eigenvalue weighted by molar-refractivity contribution is -0.120. The van der Waals surface area contributed by atoms with Crippen molar-refractivity contribution in [2.24, 2.45) is 0 Å². The van der Waals surface area contributed by atoms with Crippen molar-refractivity contribution in [1.29, 1.82) is 0 Å². The molecule has 0 aliphatic carbocycles. The molecule has 0 saturated heterocycles. The van der Waals surface area contributed by atoms with Gasteiger partial charge < -0.3 is 15.4 Å². The fraction of sp³-hybridized carbons (Fsp3) is 0.333. The van der Waals surface area contributed by atoms with Gasteiger partial charge in [-0.25, -0.2) is 0 Å². The van der Waals surface area contributed by atoms with Crippen LogP contribution in [0.15, 0.2) is 48.5 Å². The van der Waals surface area contributed by atoms with Crippen LogP contribution in [0.4, 0.5) is 5.69 Å². The molecule has 0 radical (unpaired) electrons. The van der Waals surface area contributed by atoms with Crippen molar-refractivity contribution in [2.75, 3.05) is 11.9 Å². The van der Waals surface area contributed by atoms with E-state index in [2.05, 4.69) is 10.6 Å². The van der Waals surface area contributed by atoms with E-state index >= 15 is 0 Å². The predicted octanol–water partition coefficient (Wildman–Crippen LogP) is 3.99. The maximum absolute atomic E-state index is 12.6. The highest BCUT2D eigenvalue weighted by molar-refractivity contribution is 5.93. The van der Waals surface area contributed by atoms with Crippen LogP contribution < -0.4 is 15.4 Å². The molecule has 2 aromatic rings. The summed E-state index contributed by atoms with van der Waals surface area (Å²) in [5, 5.41) is 5.74. The third kappa shape index (κ3) is 5.92. The van der Waals surface area contributed by atoms with Crippen LogP contribution in [0.5, 0.6) is 5.75 Å². The summed E-state index contributed by atoms with van der Waals surface area (Å²) in [4.78, 5) is 24.1. The van der Waals surface area contributed by atoms with Crippen molar-refractivity contribution in [2.45, 2.75) is 39.7 Å². The molecule has 1 atom stereocenters. The lowest BCUT2D eigenvalue weighted by Crippen LogP contribution is -2.29. The number of ether oxygens (including phenoxy) is 1. The second kappa shape index (κ2) is 9.61. The monoisotopic (exact) mass is 354 g/mol. The summed E-state index contributed by atoms with van der Waals surface area (Å²) in [5.41, 5.74) is 2.66. The van der Waals surface area contributed by atoms with E-state index in [-0.39, 0.29) is 24.3 Å². The minimum atomic E-state index is -0.378. The summed E-state index contributed by atoms with van der Waals surface area (Å²) >= 11 is 0. The molecule has 5 nitrogen and oxygen atoms in total. The number of hydrogen-bond acceptors (Lipinski definition) is 3. The van der Waals surface area contributed by atoms with Gasteiger partial charge in [0, 0.05) is 6.92 Å². The topological polar surface area (TPSA) is 67.4 Å². The van der Waals surface area contributed by atoms with E-state index in [1.54, 1.807) is 0 Å². The summed E-state index contributed by atoms with van der Waals surface area (Å²) in [7, 11) is 0. The van der Waals surface area contributed by atoms with Gasteiger partial charge in [-0.05, 0) is 31.0 Å². The zero-order valence-corrected chi connectivity index (χ0v) is 15.5. The Morgan fingerprint density at radius 2 is 1.77 bits per heavy atom. The number of para-hydroxylation sites is 2. The zero-order valence-electron chi connectivity index (χ0n) is 15.5. The van der Waals surface area contributed by atoms with E-state index in [0.29, 0.717) is 18.0 Å². The molecule has 0 aliphatic heterocycles. The second-order valence-corrected chi connectivity index (χ2v) is 6.26. The number of rotatable bonds is 8. The van der Waals surface area contributed by atoms with Gasteiger partial charge in [0.05, 0.1) is 24.8 Å².